The maximum Gasteiger partial charge on any atom is 0.130 e. The van der Waals surface area contributed by atoms with Crippen LogP contribution in [0, 0.1) is 11.6 Å². The highest BCUT2D eigenvalue weighted by Crippen LogP contribution is 2.21. The van der Waals surface area contributed by atoms with E-state index < -0.39 is 17.7 Å². The van der Waals surface area contributed by atoms with Gasteiger partial charge in [0.2, 0.25) is 0 Å². The van der Waals surface area contributed by atoms with E-state index in [4.69, 9.17) is 5.84 Å². The first-order valence-electron chi connectivity index (χ1n) is 4.10. The molecule has 0 heterocycles. The first-order chi connectivity index (χ1) is 6.20. The fraction of sp³-hybridized carbons (Fsp3) is 0.333. The van der Waals surface area contributed by atoms with Crippen LogP contribution in [-0.2, 0) is 0 Å². The molecule has 1 aromatic carbocycles. The summed E-state index contributed by atoms with van der Waals surface area (Å²) in [6, 6.07) is 3.30. The molecule has 0 fully saturated rings. The highest BCUT2D eigenvalue weighted by molar-refractivity contribution is 5.22. The number of rotatable bonds is 3. The summed E-state index contributed by atoms with van der Waals surface area (Å²) in [6.45, 7) is 1.80. The topological polar surface area (TPSA) is 38.0 Å². The molecule has 2 nitrogen and oxygen atoms in total. The molecule has 0 aliphatic rings. The Morgan fingerprint density at radius 3 is 2.31 bits per heavy atom. The second kappa shape index (κ2) is 4.30. The smallest absolute Gasteiger partial charge is 0.130 e. The molecule has 0 unspecified atom stereocenters. The molecule has 3 N–H and O–H groups in total. The molecule has 0 aliphatic carbocycles. The standard InChI is InChI=1S/C9H12F2N2/c1-2-8(13-12)9-6(10)4-3-5-7(9)11/h3-5,8,13H,2,12H2,1H3/t8-/m0/s1. The zero-order valence-electron chi connectivity index (χ0n) is 7.35. The van der Waals surface area contributed by atoms with Crippen molar-refractivity contribution in [3.8, 4) is 0 Å². The van der Waals surface area contributed by atoms with E-state index in [0.29, 0.717) is 6.42 Å². The van der Waals surface area contributed by atoms with Gasteiger partial charge in [-0.15, -0.1) is 0 Å². The molecular weight excluding hydrogens is 174 g/mol. The van der Waals surface area contributed by atoms with E-state index in [1.54, 1.807) is 6.92 Å². The van der Waals surface area contributed by atoms with Crippen molar-refractivity contribution in [2.24, 2.45) is 5.84 Å². The summed E-state index contributed by atoms with van der Waals surface area (Å²) in [5, 5.41) is 0. The average Bonchev–Trinajstić information content (AvgIpc) is 2.11. The Kier molecular flexibility index (Phi) is 3.33. The van der Waals surface area contributed by atoms with Crippen LogP contribution in [0.3, 0.4) is 0 Å². The van der Waals surface area contributed by atoms with Crippen LogP contribution < -0.4 is 11.3 Å². The number of benzene rings is 1. The number of hydrazine groups is 1. The molecule has 1 atom stereocenters. The number of hydrogen-bond acceptors (Lipinski definition) is 2. The minimum absolute atomic E-state index is 0.00694. The molecule has 1 aromatic rings. The Hall–Kier alpha value is -1.00. The summed E-state index contributed by atoms with van der Waals surface area (Å²) in [7, 11) is 0. The van der Waals surface area contributed by atoms with Crippen LogP contribution in [0.25, 0.3) is 0 Å². The van der Waals surface area contributed by atoms with Gasteiger partial charge >= 0.3 is 0 Å². The van der Waals surface area contributed by atoms with Crippen molar-refractivity contribution in [1.82, 2.24) is 5.43 Å². The monoisotopic (exact) mass is 186 g/mol. The van der Waals surface area contributed by atoms with Gasteiger partial charge in [-0.25, -0.2) is 8.78 Å². The fourth-order valence-corrected chi connectivity index (χ4v) is 1.25. The van der Waals surface area contributed by atoms with Gasteiger partial charge in [0.15, 0.2) is 0 Å². The van der Waals surface area contributed by atoms with Crippen molar-refractivity contribution in [3.05, 3.63) is 35.4 Å². The van der Waals surface area contributed by atoms with Crippen LogP contribution >= 0.6 is 0 Å². The molecule has 1 rings (SSSR count). The molecule has 0 saturated carbocycles. The van der Waals surface area contributed by atoms with Gasteiger partial charge in [0.05, 0.1) is 6.04 Å². The zero-order chi connectivity index (χ0) is 9.84. The largest absolute Gasteiger partial charge is 0.271 e. The van der Waals surface area contributed by atoms with Gasteiger partial charge in [-0.05, 0) is 18.6 Å². The Morgan fingerprint density at radius 1 is 1.38 bits per heavy atom. The Balaban J connectivity index is 3.10. The second-order valence-corrected chi connectivity index (χ2v) is 2.76. The minimum atomic E-state index is -0.565. The molecule has 0 amide bonds. The third-order valence-electron chi connectivity index (χ3n) is 1.96. The quantitative estimate of drug-likeness (QED) is 0.558. The third-order valence-corrected chi connectivity index (χ3v) is 1.96. The number of halogens is 2. The number of hydrogen-bond donors (Lipinski definition) is 2. The van der Waals surface area contributed by atoms with Crippen molar-refractivity contribution in [2.45, 2.75) is 19.4 Å². The van der Waals surface area contributed by atoms with E-state index >= 15 is 0 Å². The molecule has 0 radical (unpaired) electrons. The van der Waals surface area contributed by atoms with Crippen LogP contribution in [0.2, 0.25) is 0 Å². The molecule has 0 aromatic heterocycles. The van der Waals surface area contributed by atoms with Gasteiger partial charge in [0, 0.05) is 5.56 Å². The lowest BCUT2D eigenvalue weighted by Crippen LogP contribution is -2.28. The molecule has 0 spiro atoms. The normalized spacial score (nSPS) is 12.9. The molecule has 0 aliphatic heterocycles. The van der Waals surface area contributed by atoms with Crippen molar-refractivity contribution in [2.75, 3.05) is 0 Å². The summed E-state index contributed by atoms with van der Waals surface area (Å²) < 4.78 is 26.3. The van der Waals surface area contributed by atoms with Gasteiger partial charge in [-0.2, -0.15) is 0 Å². The summed E-state index contributed by atoms with van der Waals surface area (Å²) in [4.78, 5) is 0. The predicted octanol–water partition coefficient (Wildman–Crippen LogP) is 1.88. The Morgan fingerprint density at radius 2 is 1.92 bits per heavy atom. The molecular formula is C9H12F2N2. The van der Waals surface area contributed by atoms with Gasteiger partial charge in [-0.3, -0.25) is 11.3 Å². The molecule has 0 saturated heterocycles. The van der Waals surface area contributed by atoms with Crippen molar-refractivity contribution < 1.29 is 8.78 Å². The summed E-state index contributed by atoms with van der Waals surface area (Å²) >= 11 is 0. The van der Waals surface area contributed by atoms with Crippen LogP contribution in [0.15, 0.2) is 18.2 Å². The number of nitrogens with two attached hydrogens (primary N) is 1. The summed E-state index contributed by atoms with van der Waals surface area (Å²) in [5.41, 5.74) is 2.38. The summed E-state index contributed by atoms with van der Waals surface area (Å²) in [5.74, 6) is 4.04. The van der Waals surface area contributed by atoms with Crippen molar-refractivity contribution in [1.29, 1.82) is 0 Å². The van der Waals surface area contributed by atoms with E-state index in [1.807, 2.05) is 0 Å². The van der Waals surface area contributed by atoms with Crippen LogP contribution in [0.1, 0.15) is 24.9 Å². The van der Waals surface area contributed by atoms with Gasteiger partial charge < -0.3 is 0 Å². The minimum Gasteiger partial charge on any atom is -0.271 e. The highest BCUT2D eigenvalue weighted by atomic mass is 19.1. The van der Waals surface area contributed by atoms with Crippen LogP contribution in [0.5, 0.6) is 0 Å². The summed E-state index contributed by atoms with van der Waals surface area (Å²) in [6.07, 6.45) is 0.536. The van der Waals surface area contributed by atoms with E-state index in [1.165, 1.54) is 18.2 Å². The number of nitrogens with one attached hydrogen (secondary N) is 1. The van der Waals surface area contributed by atoms with Crippen LogP contribution in [0.4, 0.5) is 8.78 Å². The van der Waals surface area contributed by atoms with Crippen molar-refractivity contribution in [3.63, 3.8) is 0 Å². The van der Waals surface area contributed by atoms with Crippen molar-refractivity contribution >= 4 is 0 Å². The second-order valence-electron chi connectivity index (χ2n) is 2.76. The van der Waals surface area contributed by atoms with E-state index in [0.717, 1.165) is 0 Å². The van der Waals surface area contributed by atoms with E-state index in [-0.39, 0.29) is 5.56 Å². The maximum atomic E-state index is 13.1. The average molecular weight is 186 g/mol. The van der Waals surface area contributed by atoms with E-state index in [2.05, 4.69) is 5.43 Å². The first-order valence-corrected chi connectivity index (χ1v) is 4.10. The fourth-order valence-electron chi connectivity index (χ4n) is 1.25. The highest BCUT2D eigenvalue weighted by Gasteiger charge is 2.16. The Bertz CT molecular complexity index is 265. The van der Waals surface area contributed by atoms with Gasteiger partial charge in [0.1, 0.15) is 11.6 Å². The van der Waals surface area contributed by atoms with Gasteiger partial charge in [0.25, 0.3) is 0 Å². The third kappa shape index (κ3) is 2.02. The van der Waals surface area contributed by atoms with Gasteiger partial charge in [-0.1, -0.05) is 13.0 Å². The molecule has 13 heavy (non-hydrogen) atoms. The predicted molar refractivity (Wildman–Crippen MR) is 46.7 cm³/mol. The lowest BCUT2D eigenvalue weighted by atomic mass is 10.0. The Labute approximate surface area is 75.7 Å². The van der Waals surface area contributed by atoms with Crippen LogP contribution in [-0.4, -0.2) is 0 Å². The first kappa shape index (κ1) is 10.1. The molecule has 0 bridgehead atoms. The lowest BCUT2D eigenvalue weighted by molar-refractivity contribution is 0.466. The SMILES string of the molecule is CC[C@H](NN)c1c(F)cccc1F. The molecule has 4 heteroatoms. The lowest BCUT2D eigenvalue weighted by Gasteiger charge is -2.15. The maximum absolute atomic E-state index is 13.1. The zero-order valence-corrected chi connectivity index (χ0v) is 7.35. The molecule has 72 valence electrons. The van der Waals surface area contributed by atoms with E-state index in [9.17, 15) is 8.78 Å².